The summed E-state index contributed by atoms with van der Waals surface area (Å²) in [4.78, 5) is 0. The topological polar surface area (TPSA) is 12.0 Å². The second-order valence-electron chi connectivity index (χ2n) is 2.86. The second-order valence-corrected chi connectivity index (χ2v) is 2.86. The van der Waals surface area contributed by atoms with Gasteiger partial charge in [-0.05, 0) is 30.6 Å². The molecule has 0 spiro atoms. The van der Waals surface area contributed by atoms with E-state index in [1.165, 1.54) is 17.7 Å². The van der Waals surface area contributed by atoms with Crippen LogP contribution < -0.4 is 5.32 Å². The van der Waals surface area contributed by atoms with E-state index in [1.54, 1.807) is 0 Å². The number of allylic oxidation sites excluding steroid dienone is 4. The minimum atomic E-state index is 1.13. The van der Waals surface area contributed by atoms with Gasteiger partial charge in [0, 0.05) is 11.9 Å². The zero-order chi connectivity index (χ0) is 10.3. The Labute approximate surface area is 82.2 Å². The maximum Gasteiger partial charge on any atom is 0.0153 e. The van der Waals surface area contributed by atoms with E-state index in [1.807, 2.05) is 26.1 Å². The molecular weight excluding hydrogens is 158 g/mol. The summed E-state index contributed by atoms with van der Waals surface area (Å²) in [6, 6.07) is 0. The number of dihydropyridines is 1. The summed E-state index contributed by atoms with van der Waals surface area (Å²) in [6.45, 7) is 12.3. The van der Waals surface area contributed by atoms with Crippen molar-refractivity contribution in [3.05, 3.63) is 35.7 Å². The standard InChI is InChI=1S/C10H15N.C2H6/c1-4-5-10-8(2)6-7-11-9(10)3;1-2/h6-7,11H,2,4-5H2,1,3H3;1-2H3. The molecule has 0 atom stereocenters. The summed E-state index contributed by atoms with van der Waals surface area (Å²) < 4.78 is 0. The van der Waals surface area contributed by atoms with Crippen LogP contribution in [-0.2, 0) is 0 Å². The van der Waals surface area contributed by atoms with E-state index in [9.17, 15) is 0 Å². The lowest BCUT2D eigenvalue weighted by Crippen LogP contribution is -2.10. The maximum absolute atomic E-state index is 3.98. The minimum Gasteiger partial charge on any atom is -0.365 e. The van der Waals surface area contributed by atoms with E-state index < -0.39 is 0 Å². The molecule has 74 valence electrons. The maximum atomic E-state index is 3.98. The Morgan fingerprint density at radius 3 is 2.46 bits per heavy atom. The Bertz CT molecular complexity index is 221. The van der Waals surface area contributed by atoms with Crippen LogP contribution in [0.3, 0.4) is 0 Å². The van der Waals surface area contributed by atoms with Crippen LogP contribution in [0.1, 0.15) is 40.5 Å². The Kier molecular flexibility index (Phi) is 6.03. The van der Waals surface area contributed by atoms with E-state index >= 15 is 0 Å². The lowest BCUT2D eigenvalue weighted by Gasteiger charge is -2.16. The smallest absolute Gasteiger partial charge is 0.0153 e. The summed E-state index contributed by atoms with van der Waals surface area (Å²) in [7, 11) is 0. The predicted molar refractivity (Wildman–Crippen MR) is 60.4 cm³/mol. The highest BCUT2D eigenvalue weighted by Crippen LogP contribution is 2.21. The van der Waals surface area contributed by atoms with Crippen molar-refractivity contribution in [3.8, 4) is 0 Å². The van der Waals surface area contributed by atoms with Crippen molar-refractivity contribution in [2.45, 2.75) is 40.5 Å². The highest BCUT2D eigenvalue weighted by Gasteiger charge is 2.06. The predicted octanol–water partition coefficient (Wildman–Crippen LogP) is 3.76. The molecule has 1 N–H and O–H groups in total. The van der Waals surface area contributed by atoms with Gasteiger partial charge in [0.15, 0.2) is 0 Å². The van der Waals surface area contributed by atoms with Crippen molar-refractivity contribution < 1.29 is 0 Å². The van der Waals surface area contributed by atoms with Crippen molar-refractivity contribution in [1.29, 1.82) is 0 Å². The summed E-state index contributed by atoms with van der Waals surface area (Å²) in [6.07, 6.45) is 6.28. The van der Waals surface area contributed by atoms with Crippen molar-refractivity contribution in [1.82, 2.24) is 5.32 Å². The highest BCUT2D eigenvalue weighted by atomic mass is 14.9. The molecule has 0 saturated carbocycles. The van der Waals surface area contributed by atoms with Crippen LogP contribution in [0.5, 0.6) is 0 Å². The molecule has 1 aliphatic rings. The molecule has 1 heterocycles. The molecular formula is C12H21N. The Morgan fingerprint density at radius 1 is 1.38 bits per heavy atom. The lowest BCUT2D eigenvalue weighted by atomic mass is 9.99. The van der Waals surface area contributed by atoms with Crippen molar-refractivity contribution in [2.24, 2.45) is 0 Å². The van der Waals surface area contributed by atoms with Gasteiger partial charge < -0.3 is 5.32 Å². The molecule has 1 nitrogen and oxygen atoms in total. The monoisotopic (exact) mass is 179 g/mol. The first kappa shape index (κ1) is 12.0. The normalized spacial score (nSPS) is 14.9. The van der Waals surface area contributed by atoms with Crippen LogP contribution in [-0.4, -0.2) is 0 Å². The van der Waals surface area contributed by atoms with E-state index in [-0.39, 0.29) is 0 Å². The van der Waals surface area contributed by atoms with E-state index in [0.29, 0.717) is 0 Å². The third kappa shape index (κ3) is 3.49. The average molecular weight is 179 g/mol. The molecule has 1 rings (SSSR count). The van der Waals surface area contributed by atoms with E-state index in [2.05, 4.69) is 25.7 Å². The summed E-state index contributed by atoms with van der Waals surface area (Å²) in [5.74, 6) is 0. The highest BCUT2D eigenvalue weighted by molar-refractivity contribution is 5.43. The van der Waals surface area contributed by atoms with Gasteiger partial charge in [0.25, 0.3) is 0 Å². The lowest BCUT2D eigenvalue weighted by molar-refractivity contribution is 0.868. The Morgan fingerprint density at radius 2 is 2.00 bits per heavy atom. The van der Waals surface area contributed by atoms with Crippen LogP contribution >= 0.6 is 0 Å². The molecule has 1 heteroatoms. The first-order valence-electron chi connectivity index (χ1n) is 5.07. The van der Waals surface area contributed by atoms with Gasteiger partial charge in [-0.1, -0.05) is 33.8 Å². The van der Waals surface area contributed by atoms with Crippen molar-refractivity contribution >= 4 is 0 Å². The molecule has 0 aromatic heterocycles. The van der Waals surface area contributed by atoms with Crippen LogP contribution in [0, 0.1) is 0 Å². The van der Waals surface area contributed by atoms with Crippen LogP contribution in [0.15, 0.2) is 35.7 Å². The van der Waals surface area contributed by atoms with Crippen molar-refractivity contribution in [2.75, 3.05) is 0 Å². The molecule has 0 bridgehead atoms. The second kappa shape index (κ2) is 6.53. The number of hydrogen-bond acceptors (Lipinski definition) is 1. The SMILES string of the molecule is C=C1C=CNC(C)=C1CCC.CC. The van der Waals surface area contributed by atoms with Crippen molar-refractivity contribution in [3.63, 3.8) is 0 Å². The molecule has 0 aliphatic carbocycles. The quantitative estimate of drug-likeness (QED) is 0.680. The molecule has 0 saturated heterocycles. The summed E-state index contributed by atoms with van der Waals surface area (Å²) >= 11 is 0. The molecule has 0 amide bonds. The summed E-state index contributed by atoms with van der Waals surface area (Å²) in [5.41, 5.74) is 3.78. The molecule has 1 aliphatic heterocycles. The van der Waals surface area contributed by atoms with Crippen LogP contribution in [0.25, 0.3) is 0 Å². The zero-order valence-electron chi connectivity index (χ0n) is 9.28. The van der Waals surface area contributed by atoms with E-state index in [4.69, 9.17) is 0 Å². The minimum absolute atomic E-state index is 1.13. The Hall–Kier alpha value is -0.980. The van der Waals surface area contributed by atoms with Crippen LogP contribution in [0.2, 0.25) is 0 Å². The Balaban J connectivity index is 0.000000671. The number of nitrogens with one attached hydrogen (secondary N) is 1. The number of hydrogen-bond donors (Lipinski definition) is 1. The largest absolute Gasteiger partial charge is 0.365 e. The molecule has 0 unspecified atom stereocenters. The van der Waals surface area contributed by atoms with Gasteiger partial charge in [-0.15, -0.1) is 0 Å². The van der Waals surface area contributed by atoms with E-state index in [0.717, 1.165) is 12.0 Å². The first-order valence-corrected chi connectivity index (χ1v) is 5.07. The van der Waals surface area contributed by atoms with Gasteiger partial charge in [-0.25, -0.2) is 0 Å². The van der Waals surface area contributed by atoms with Gasteiger partial charge >= 0.3 is 0 Å². The number of rotatable bonds is 2. The fourth-order valence-electron chi connectivity index (χ4n) is 1.29. The first-order chi connectivity index (χ1) is 6.25. The van der Waals surface area contributed by atoms with Crippen LogP contribution in [0.4, 0.5) is 0 Å². The van der Waals surface area contributed by atoms with Gasteiger partial charge in [-0.2, -0.15) is 0 Å². The van der Waals surface area contributed by atoms with Gasteiger partial charge in [0.1, 0.15) is 0 Å². The zero-order valence-corrected chi connectivity index (χ0v) is 9.28. The fourth-order valence-corrected chi connectivity index (χ4v) is 1.29. The van der Waals surface area contributed by atoms with Gasteiger partial charge in [0.2, 0.25) is 0 Å². The average Bonchev–Trinajstić information content (AvgIpc) is 2.15. The fraction of sp³-hybridized carbons (Fsp3) is 0.500. The molecule has 0 fully saturated rings. The third-order valence-electron chi connectivity index (χ3n) is 1.92. The van der Waals surface area contributed by atoms with Gasteiger partial charge in [0.05, 0.1) is 0 Å². The summed E-state index contributed by atoms with van der Waals surface area (Å²) in [5, 5.41) is 3.19. The van der Waals surface area contributed by atoms with Gasteiger partial charge in [-0.3, -0.25) is 0 Å². The third-order valence-corrected chi connectivity index (χ3v) is 1.92. The molecule has 0 aromatic carbocycles. The molecule has 0 radical (unpaired) electrons. The molecule has 13 heavy (non-hydrogen) atoms. The molecule has 0 aromatic rings.